The summed E-state index contributed by atoms with van der Waals surface area (Å²) in [7, 11) is 0. The Balaban J connectivity index is 1.56. The van der Waals surface area contributed by atoms with Gasteiger partial charge in [0.05, 0.1) is 12.8 Å². The highest BCUT2D eigenvalue weighted by Gasteiger charge is 2.48. The minimum absolute atomic E-state index is 0.0617. The third-order valence-electron chi connectivity index (χ3n) is 7.02. The molecule has 2 aromatic rings. The third kappa shape index (κ3) is 5.53. The molecule has 3 heterocycles. The van der Waals surface area contributed by atoms with Gasteiger partial charge >= 0.3 is 0 Å². The van der Waals surface area contributed by atoms with Crippen molar-refractivity contribution >= 4 is 23.6 Å². The van der Waals surface area contributed by atoms with Crippen LogP contribution in [0, 0.1) is 0 Å². The summed E-state index contributed by atoms with van der Waals surface area (Å²) < 4.78 is 7.20. The summed E-state index contributed by atoms with van der Waals surface area (Å²) in [5, 5.41) is 7.97. The zero-order valence-electron chi connectivity index (χ0n) is 20.6. The molecule has 2 aromatic heterocycles. The van der Waals surface area contributed by atoms with E-state index in [1.807, 2.05) is 30.8 Å². The Morgan fingerprint density at radius 3 is 2.71 bits per heavy atom. The Bertz CT molecular complexity index is 949. The smallest absolute Gasteiger partial charge is 0.273 e. The summed E-state index contributed by atoms with van der Waals surface area (Å²) in [4.78, 5) is 29.2. The minimum atomic E-state index is -0.978. The lowest BCUT2D eigenvalue weighted by molar-refractivity contribution is -0.134. The summed E-state index contributed by atoms with van der Waals surface area (Å²) >= 11 is 1.90. The molecule has 1 N–H and O–H groups in total. The van der Waals surface area contributed by atoms with E-state index < -0.39 is 5.54 Å². The number of nitrogens with zero attached hydrogens (tertiary/aromatic N) is 3. The molecule has 0 aromatic carbocycles. The minimum Gasteiger partial charge on any atom is -0.463 e. The van der Waals surface area contributed by atoms with Gasteiger partial charge < -0.3 is 14.6 Å². The maximum absolute atomic E-state index is 13.8. The molecular weight excluding hydrogens is 448 g/mol. The molecule has 0 unspecified atom stereocenters. The summed E-state index contributed by atoms with van der Waals surface area (Å²) in [5.41, 5.74) is 0.161. The molecule has 2 amide bonds. The number of amides is 2. The van der Waals surface area contributed by atoms with E-state index in [1.54, 1.807) is 21.9 Å². The average Bonchev–Trinajstić information content (AvgIpc) is 3.47. The van der Waals surface area contributed by atoms with E-state index in [9.17, 15) is 9.59 Å². The van der Waals surface area contributed by atoms with E-state index in [0.29, 0.717) is 30.2 Å². The molecule has 0 saturated heterocycles. The largest absolute Gasteiger partial charge is 0.463 e. The topological polar surface area (TPSA) is 80.4 Å². The van der Waals surface area contributed by atoms with Gasteiger partial charge in [0.25, 0.3) is 5.91 Å². The SMILES string of the molecule is CCCSCCCN1C(=O)c2cc(-c3ccco3)nn2C[C@@]1(C)C(=O)NC1CCCCCCC1. The maximum atomic E-state index is 13.8. The quantitative estimate of drug-likeness (QED) is 0.498. The number of rotatable bonds is 9. The number of furan rings is 1. The van der Waals surface area contributed by atoms with Gasteiger partial charge in [-0.15, -0.1) is 0 Å². The van der Waals surface area contributed by atoms with E-state index in [0.717, 1.165) is 50.0 Å². The van der Waals surface area contributed by atoms with Crippen molar-refractivity contribution in [2.45, 2.75) is 89.8 Å². The Morgan fingerprint density at radius 2 is 2.00 bits per heavy atom. The second kappa shape index (κ2) is 11.5. The van der Waals surface area contributed by atoms with Crippen LogP contribution in [0.15, 0.2) is 28.9 Å². The van der Waals surface area contributed by atoms with Crippen molar-refractivity contribution in [1.29, 1.82) is 0 Å². The number of carbonyl (C=O) groups excluding carboxylic acids is 2. The number of thioether (sulfide) groups is 1. The predicted octanol–water partition coefficient (Wildman–Crippen LogP) is 5.12. The number of aromatic nitrogens is 2. The van der Waals surface area contributed by atoms with E-state index in [1.165, 1.54) is 19.3 Å². The van der Waals surface area contributed by atoms with Gasteiger partial charge in [-0.1, -0.05) is 39.0 Å². The van der Waals surface area contributed by atoms with Crippen LogP contribution in [0.4, 0.5) is 0 Å². The van der Waals surface area contributed by atoms with Crippen LogP contribution >= 0.6 is 11.8 Å². The van der Waals surface area contributed by atoms with Gasteiger partial charge in [-0.3, -0.25) is 14.3 Å². The van der Waals surface area contributed by atoms with Gasteiger partial charge in [-0.25, -0.2) is 0 Å². The Morgan fingerprint density at radius 1 is 1.24 bits per heavy atom. The molecule has 0 radical (unpaired) electrons. The molecule has 0 spiro atoms. The molecule has 186 valence electrons. The Kier molecular flexibility index (Phi) is 8.40. The van der Waals surface area contributed by atoms with Crippen LogP contribution in [0.2, 0.25) is 0 Å². The first-order valence-corrected chi connectivity index (χ1v) is 14.0. The molecule has 4 rings (SSSR count). The average molecular weight is 487 g/mol. The van der Waals surface area contributed by atoms with Gasteiger partial charge in [-0.2, -0.15) is 16.9 Å². The van der Waals surface area contributed by atoms with Crippen LogP contribution in [-0.2, 0) is 11.3 Å². The van der Waals surface area contributed by atoms with Crippen LogP contribution in [-0.4, -0.2) is 56.1 Å². The summed E-state index contributed by atoms with van der Waals surface area (Å²) in [6.07, 6.45) is 11.7. The van der Waals surface area contributed by atoms with E-state index in [-0.39, 0.29) is 17.9 Å². The fraction of sp³-hybridized carbons (Fsp3) is 0.654. The summed E-state index contributed by atoms with van der Waals surface area (Å²) in [5.74, 6) is 2.53. The van der Waals surface area contributed by atoms with Gasteiger partial charge in [0.2, 0.25) is 5.91 Å². The van der Waals surface area contributed by atoms with Gasteiger partial charge in [0.15, 0.2) is 5.76 Å². The normalized spacial score (nSPS) is 21.7. The zero-order chi connectivity index (χ0) is 24.0. The van der Waals surface area contributed by atoms with Crippen molar-refractivity contribution in [2.75, 3.05) is 18.1 Å². The molecule has 1 saturated carbocycles. The van der Waals surface area contributed by atoms with Crippen molar-refractivity contribution in [3.8, 4) is 11.5 Å². The number of hydrogen-bond acceptors (Lipinski definition) is 5. The predicted molar refractivity (Wildman–Crippen MR) is 136 cm³/mol. The second-order valence-electron chi connectivity index (χ2n) is 9.76. The Labute approximate surface area is 207 Å². The standard InChI is InChI=1S/C26H38N4O3S/c1-3-16-34-17-10-14-29-24(31)22-18-21(23-13-9-15-33-23)28-30(22)19-26(29,2)25(32)27-20-11-7-5-4-6-8-12-20/h9,13,15,18,20H,3-8,10-12,14,16-17,19H2,1-2H3,(H,27,32)/t26-/m0/s1. The first-order chi connectivity index (χ1) is 16.5. The van der Waals surface area contributed by atoms with Crippen LogP contribution in [0.3, 0.4) is 0 Å². The fourth-order valence-corrected chi connectivity index (χ4v) is 5.87. The lowest BCUT2D eigenvalue weighted by Crippen LogP contribution is -2.65. The molecule has 2 aliphatic rings. The molecule has 8 heteroatoms. The molecule has 1 atom stereocenters. The zero-order valence-corrected chi connectivity index (χ0v) is 21.4. The van der Waals surface area contributed by atoms with Crippen molar-refractivity contribution in [1.82, 2.24) is 20.0 Å². The summed E-state index contributed by atoms with van der Waals surface area (Å²) in [6.45, 7) is 4.98. The van der Waals surface area contributed by atoms with Gasteiger partial charge in [0, 0.05) is 18.7 Å². The number of carbonyl (C=O) groups is 2. The molecular formula is C26H38N4O3S. The summed E-state index contributed by atoms with van der Waals surface area (Å²) in [6, 6.07) is 5.61. The molecule has 1 aliphatic heterocycles. The lowest BCUT2D eigenvalue weighted by atomic mass is 9.92. The first-order valence-electron chi connectivity index (χ1n) is 12.9. The molecule has 0 bridgehead atoms. The van der Waals surface area contributed by atoms with E-state index >= 15 is 0 Å². The molecule has 1 aliphatic carbocycles. The van der Waals surface area contributed by atoms with Crippen LogP contribution in [0.25, 0.3) is 11.5 Å². The van der Waals surface area contributed by atoms with Crippen molar-refractivity contribution < 1.29 is 14.0 Å². The fourth-order valence-electron chi connectivity index (χ4n) is 5.05. The molecule has 34 heavy (non-hydrogen) atoms. The molecule has 1 fully saturated rings. The number of hydrogen-bond donors (Lipinski definition) is 1. The van der Waals surface area contributed by atoms with Gasteiger partial charge in [0.1, 0.15) is 16.9 Å². The highest BCUT2D eigenvalue weighted by Crippen LogP contribution is 2.31. The van der Waals surface area contributed by atoms with Crippen LogP contribution in [0.1, 0.15) is 82.1 Å². The second-order valence-corrected chi connectivity index (χ2v) is 11.0. The van der Waals surface area contributed by atoms with Crippen molar-refractivity contribution in [3.05, 3.63) is 30.2 Å². The molecule has 7 nitrogen and oxygen atoms in total. The highest BCUT2D eigenvalue weighted by molar-refractivity contribution is 7.99. The van der Waals surface area contributed by atoms with Gasteiger partial charge in [-0.05, 0) is 56.2 Å². The van der Waals surface area contributed by atoms with E-state index in [4.69, 9.17) is 4.42 Å². The maximum Gasteiger partial charge on any atom is 0.273 e. The van der Waals surface area contributed by atoms with Crippen LogP contribution < -0.4 is 5.32 Å². The third-order valence-corrected chi connectivity index (χ3v) is 8.29. The van der Waals surface area contributed by atoms with Crippen molar-refractivity contribution in [3.63, 3.8) is 0 Å². The monoisotopic (exact) mass is 486 g/mol. The highest BCUT2D eigenvalue weighted by atomic mass is 32.2. The number of fused-ring (bicyclic) bond motifs is 1. The first kappa shape index (κ1) is 24.9. The van der Waals surface area contributed by atoms with E-state index in [2.05, 4.69) is 17.3 Å². The van der Waals surface area contributed by atoms with Crippen LogP contribution in [0.5, 0.6) is 0 Å². The Hall–Kier alpha value is -2.22. The number of nitrogens with one attached hydrogen (secondary N) is 1. The lowest BCUT2D eigenvalue weighted by Gasteiger charge is -2.44. The van der Waals surface area contributed by atoms with Crippen molar-refractivity contribution in [2.24, 2.45) is 0 Å².